The van der Waals surface area contributed by atoms with Crippen LogP contribution in [0.1, 0.15) is 12.5 Å². The van der Waals surface area contributed by atoms with Gasteiger partial charge in [-0.05, 0) is 19.1 Å². The maximum absolute atomic E-state index is 13.2. The number of quaternary nitrogens is 2. The van der Waals surface area contributed by atoms with E-state index in [0.29, 0.717) is 5.91 Å². The highest BCUT2D eigenvalue weighted by molar-refractivity contribution is 5.80. The average molecular weight is 425 g/mol. The molecule has 166 valence electrons. The third kappa shape index (κ3) is 5.20. The molecule has 0 radical (unpaired) electrons. The van der Waals surface area contributed by atoms with Crippen molar-refractivity contribution in [1.82, 2.24) is 4.90 Å². The molecule has 0 aliphatic carbocycles. The van der Waals surface area contributed by atoms with Crippen molar-refractivity contribution in [1.29, 1.82) is 0 Å². The fourth-order valence-electron chi connectivity index (χ4n) is 4.91. The zero-order chi connectivity index (χ0) is 21.6. The number of benzene rings is 2. The maximum atomic E-state index is 13.2. The summed E-state index contributed by atoms with van der Waals surface area (Å²) in [4.78, 5) is 20.6. The molecule has 2 N–H and O–H groups in total. The number of para-hydroxylation sites is 2. The van der Waals surface area contributed by atoms with Gasteiger partial charge < -0.3 is 24.3 Å². The van der Waals surface area contributed by atoms with Crippen LogP contribution in [0, 0.1) is 0 Å². The second kappa shape index (κ2) is 10.2. The first-order valence-electron chi connectivity index (χ1n) is 11.5. The van der Waals surface area contributed by atoms with Gasteiger partial charge in [-0.15, -0.1) is 0 Å². The average Bonchev–Trinajstić information content (AvgIpc) is 2.84. The van der Waals surface area contributed by atoms with Gasteiger partial charge in [-0.2, -0.15) is 0 Å². The van der Waals surface area contributed by atoms with Crippen molar-refractivity contribution in [3.63, 3.8) is 0 Å². The van der Waals surface area contributed by atoms with Crippen molar-refractivity contribution >= 4 is 11.6 Å². The minimum absolute atomic E-state index is 0.0236. The smallest absolute Gasteiger partial charge is 0.280 e. The molecule has 6 heteroatoms. The summed E-state index contributed by atoms with van der Waals surface area (Å²) in [5, 5.41) is 0. The van der Waals surface area contributed by atoms with E-state index >= 15 is 0 Å². The van der Waals surface area contributed by atoms with Gasteiger partial charge in [0.05, 0.1) is 65.2 Å². The van der Waals surface area contributed by atoms with Crippen molar-refractivity contribution in [3.8, 4) is 5.75 Å². The van der Waals surface area contributed by atoms with E-state index in [9.17, 15) is 4.79 Å². The van der Waals surface area contributed by atoms with Crippen molar-refractivity contribution < 1.29 is 19.3 Å². The van der Waals surface area contributed by atoms with Gasteiger partial charge in [-0.1, -0.05) is 42.5 Å². The van der Waals surface area contributed by atoms with Crippen molar-refractivity contribution in [2.75, 3.05) is 64.4 Å². The highest BCUT2D eigenvalue weighted by Gasteiger charge is 2.34. The van der Waals surface area contributed by atoms with E-state index in [0.717, 1.165) is 70.3 Å². The molecular weight excluding hydrogens is 388 g/mol. The highest BCUT2D eigenvalue weighted by atomic mass is 16.5. The first-order chi connectivity index (χ1) is 15.2. The van der Waals surface area contributed by atoms with Gasteiger partial charge in [-0.3, -0.25) is 4.79 Å². The second-order valence-corrected chi connectivity index (χ2v) is 8.78. The Kier molecular flexibility index (Phi) is 7.10. The van der Waals surface area contributed by atoms with Crippen LogP contribution in [0.5, 0.6) is 5.75 Å². The van der Waals surface area contributed by atoms with E-state index in [4.69, 9.17) is 4.74 Å². The second-order valence-electron chi connectivity index (χ2n) is 8.78. The molecule has 2 aromatic carbocycles. The van der Waals surface area contributed by atoms with Crippen LogP contribution >= 0.6 is 0 Å². The lowest BCUT2D eigenvalue weighted by molar-refractivity contribution is -0.920. The molecule has 2 heterocycles. The maximum Gasteiger partial charge on any atom is 0.280 e. The number of ether oxygens (including phenoxy) is 1. The predicted molar refractivity (Wildman–Crippen MR) is 123 cm³/mol. The van der Waals surface area contributed by atoms with Gasteiger partial charge in [0.15, 0.2) is 6.04 Å². The van der Waals surface area contributed by atoms with Crippen LogP contribution in [-0.4, -0.2) is 76.3 Å². The first-order valence-corrected chi connectivity index (χ1v) is 11.5. The summed E-state index contributed by atoms with van der Waals surface area (Å²) >= 11 is 0. The van der Waals surface area contributed by atoms with Crippen LogP contribution in [0.25, 0.3) is 0 Å². The van der Waals surface area contributed by atoms with Gasteiger partial charge in [0.1, 0.15) is 12.3 Å². The lowest BCUT2D eigenvalue weighted by atomic mass is 10.1. The number of anilines is 1. The molecule has 2 aliphatic heterocycles. The number of hydrogen-bond acceptors (Lipinski definition) is 3. The van der Waals surface area contributed by atoms with E-state index < -0.39 is 0 Å². The van der Waals surface area contributed by atoms with Gasteiger partial charge in [0, 0.05) is 5.56 Å². The standard InChI is InChI=1S/C25H34N4O2/c1-21(27-16-18-28(19-17-27)23-10-6-7-11-24(23)31-2)25(30)29-14-12-26(13-15-29)20-22-8-4-3-5-9-22/h3-11,21H,12-20H2,1-2H3/p+2/t21-/m1/s1. The Bertz CT molecular complexity index is 844. The molecule has 0 saturated carbocycles. The zero-order valence-electron chi connectivity index (χ0n) is 18.8. The Morgan fingerprint density at radius 3 is 2.26 bits per heavy atom. The Balaban J connectivity index is 1.26. The summed E-state index contributed by atoms with van der Waals surface area (Å²) in [5.74, 6) is 1.24. The highest BCUT2D eigenvalue weighted by Crippen LogP contribution is 2.27. The van der Waals surface area contributed by atoms with Gasteiger partial charge in [0.25, 0.3) is 5.91 Å². The quantitative estimate of drug-likeness (QED) is 0.670. The Hall–Kier alpha value is -2.57. The molecule has 31 heavy (non-hydrogen) atoms. The number of carbonyl (C=O) groups is 1. The summed E-state index contributed by atoms with van der Waals surface area (Å²) in [5.41, 5.74) is 2.53. The number of nitrogens with one attached hydrogen (secondary N) is 2. The van der Waals surface area contributed by atoms with Gasteiger partial charge >= 0.3 is 0 Å². The molecule has 0 aromatic heterocycles. The topological polar surface area (TPSA) is 41.7 Å². The molecule has 2 saturated heterocycles. The Morgan fingerprint density at radius 1 is 0.935 bits per heavy atom. The van der Waals surface area contributed by atoms with E-state index in [2.05, 4.69) is 59.2 Å². The number of rotatable bonds is 6. The van der Waals surface area contributed by atoms with E-state index in [-0.39, 0.29) is 6.04 Å². The van der Waals surface area contributed by atoms with Crippen molar-refractivity contribution in [2.45, 2.75) is 19.5 Å². The molecule has 0 unspecified atom stereocenters. The van der Waals surface area contributed by atoms with Gasteiger partial charge in [0.2, 0.25) is 0 Å². The van der Waals surface area contributed by atoms with Crippen LogP contribution in [0.4, 0.5) is 5.69 Å². The van der Waals surface area contributed by atoms with Crippen molar-refractivity contribution in [3.05, 3.63) is 60.2 Å². The summed E-state index contributed by atoms with van der Waals surface area (Å²) in [6.45, 7) is 10.8. The molecular formula is C25H36N4O2+2. The first kappa shape index (κ1) is 21.7. The fourth-order valence-corrected chi connectivity index (χ4v) is 4.91. The molecule has 2 aromatic rings. The number of methoxy groups -OCH3 is 1. The van der Waals surface area contributed by atoms with Crippen LogP contribution in [-0.2, 0) is 11.3 Å². The molecule has 0 spiro atoms. The fraction of sp³-hybridized carbons (Fsp3) is 0.480. The minimum Gasteiger partial charge on any atom is -0.495 e. The third-order valence-electron chi connectivity index (χ3n) is 6.89. The molecule has 6 nitrogen and oxygen atoms in total. The molecule has 1 atom stereocenters. The predicted octanol–water partition coefficient (Wildman–Crippen LogP) is -0.284. The van der Waals surface area contributed by atoms with Crippen LogP contribution in [0.3, 0.4) is 0 Å². The number of piperazine rings is 2. The number of amides is 1. The zero-order valence-corrected chi connectivity index (χ0v) is 18.8. The normalized spacial score (nSPS) is 19.3. The molecule has 2 fully saturated rings. The van der Waals surface area contributed by atoms with E-state index in [1.165, 1.54) is 10.5 Å². The van der Waals surface area contributed by atoms with Crippen LogP contribution < -0.4 is 19.4 Å². The lowest BCUT2D eigenvalue weighted by Crippen LogP contribution is -3.19. The largest absolute Gasteiger partial charge is 0.495 e. The Morgan fingerprint density at radius 2 is 1.58 bits per heavy atom. The lowest BCUT2D eigenvalue weighted by Gasteiger charge is -2.39. The summed E-state index contributed by atoms with van der Waals surface area (Å²) in [6.07, 6.45) is 0. The van der Waals surface area contributed by atoms with Crippen LogP contribution in [0.2, 0.25) is 0 Å². The Labute approximate surface area is 186 Å². The molecule has 2 aliphatic rings. The molecule has 0 bridgehead atoms. The van der Waals surface area contributed by atoms with E-state index in [1.54, 1.807) is 12.0 Å². The number of hydrogen-bond donors (Lipinski definition) is 2. The van der Waals surface area contributed by atoms with Gasteiger partial charge in [-0.25, -0.2) is 0 Å². The minimum atomic E-state index is 0.0236. The SMILES string of the molecule is COc1ccccc1N1CC[NH+]([C@H](C)C(=O)N2CC[NH+](Cc3ccccc3)CC2)CC1. The monoisotopic (exact) mass is 424 g/mol. The summed E-state index contributed by atoms with van der Waals surface area (Å²) in [7, 11) is 1.72. The van der Waals surface area contributed by atoms with Crippen LogP contribution in [0.15, 0.2) is 54.6 Å². The number of carbonyl (C=O) groups excluding carboxylic acids is 1. The van der Waals surface area contributed by atoms with Crippen molar-refractivity contribution in [2.24, 2.45) is 0 Å². The number of nitrogens with zero attached hydrogens (tertiary/aromatic N) is 2. The summed E-state index contributed by atoms with van der Waals surface area (Å²) in [6, 6.07) is 18.9. The summed E-state index contributed by atoms with van der Waals surface area (Å²) < 4.78 is 5.53. The third-order valence-corrected chi connectivity index (χ3v) is 6.89. The molecule has 4 rings (SSSR count). The molecule has 1 amide bonds. The van der Waals surface area contributed by atoms with E-state index in [1.807, 2.05) is 12.1 Å².